The van der Waals surface area contributed by atoms with E-state index in [9.17, 15) is 0 Å². The molecule has 0 aromatic carbocycles. The van der Waals surface area contributed by atoms with Crippen molar-refractivity contribution in [1.82, 2.24) is 9.97 Å². The quantitative estimate of drug-likeness (QED) is 0.620. The van der Waals surface area contributed by atoms with Crippen LogP contribution < -0.4 is 4.57 Å². The van der Waals surface area contributed by atoms with E-state index in [2.05, 4.69) is 41.2 Å². The summed E-state index contributed by atoms with van der Waals surface area (Å²) in [5.74, 6) is 0.481. The smallest absolute Gasteiger partial charge is 0.229 e. The normalized spacial score (nSPS) is 11.1. The molecule has 94 valence electrons. The van der Waals surface area contributed by atoms with Gasteiger partial charge in [0.1, 0.15) is 8.24 Å². The predicted octanol–water partition coefficient (Wildman–Crippen LogP) is 2.46. The SMILES string of the molecule is CCOC(=S)c1ncc(N(C)[Si](C)(C)C)cn1. The molecule has 0 saturated heterocycles. The molecular formula is C11H19N3OSSi. The fraction of sp³-hybridized carbons (Fsp3) is 0.545. The van der Waals surface area contributed by atoms with E-state index in [1.807, 2.05) is 6.92 Å². The molecule has 17 heavy (non-hydrogen) atoms. The third-order valence-electron chi connectivity index (χ3n) is 2.49. The van der Waals surface area contributed by atoms with E-state index in [0.29, 0.717) is 17.5 Å². The van der Waals surface area contributed by atoms with E-state index in [4.69, 9.17) is 17.0 Å². The first-order valence-corrected chi connectivity index (χ1v) is 9.44. The Hall–Kier alpha value is -1.01. The third kappa shape index (κ3) is 3.74. The monoisotopic (exact) mass is 269 g/mol. The minimum absolute atomic E-state index is 0.356. The molecule has 6 heteroatoms. The van der Waals surface area contributed by atoms with Crippen LogP contribution in [0.5, 0.6) is 0 Å². The molecule has 0 radical (unpaired) electrons. The van der Waals surface area contributed by atoms with Crippen molar-refractivity contribution in [2.75, 3.05) is 18.2 Å². The molecule has 1 aromatic rings. The van der Waals surface area contributed by atoms with Gasteiger partial charge in [0.05, 0.1) is 24.7 Å². The topological polar surface area (TPSA) is 38.2 Å². The Labute approximate surface area is 109 Å². The van der Waals surface area contributed by atoms with Crippen LogP contribution in [0.4, 0.5) is 5.69 Å². The lowest BCUT2D eigenvalue weighted by molar-refractivity contribution is 0.335. The Morgan fingerprint density at radius 1 is 1.35 bits per heavy atom. The lowest BCUT2D eigenvalue weighted by atomic mass is 10.5. The van der Waals surface area contributed by atoms with Crippen LogP contribution in [-0.2, 0) is 4.74 Å². The van der Waals surface area contributed by atoms with E-state index >= 15 is 0 Å². The fourth-order valence-corrected chi connectivity index (χ4v) is 2.30. The van der Waals surface area contributed by atoms with Gasteiger partial charge < -0.3 is 9.30 Å². The molecular weight excluding hydrogens is 250 g/mol. The summed E-state index contributed by atoms with van der Waals surface area (Å²) < 4.78 is 7.45. The van der Waals surface area contributed by atoms with Gasteiger partial charge in [-0.05, 0) is 26.2 Å². The van der Waals surface area contributed by atoms with E-state index in [1.54, 1.807) is 12.4 Å². The number of hydrogen-bond donors (Lipinski definition) is 0. The summed E-state index contributed by atoms with van der Waals surface area (Å²) in [4.78, 5) is 8.47. The van der Waals surface area contributed by atoms with Crippen LogP contribution in [0.1, 0.15) is 12.7 Å². The standard InChI is InChI=1S/C11H19N3OSSi/c1-6-15-11(16)10-12-7-9(8-13-10)14(2)17(3,4)5/h7-8H,6H2,1-5H3. The molecule has 1 rings (SSSR count). The average molecular weight is 269 g/mol. The first-order valence-electron chi connectivity index (χ1n) is 5.59. The van der Waals surface area contributed by atoms with Crippen molar-refractivity contribution in [2.45, 2.75) is 26.6 Å². The summed E-state index contributed by atoms with van der Waals surface area (Å²) in [7, 11) is 0.703. The minimum Gasteiger partial charge on any atom is -0.481 e. The number of nitrogens with zero attached hydrogens (tertiary/aromatic N) is 3. The number of rotatable bonds is 4. The Morgan fingerprint density at radius 2 is 1.88 bits per heavy atom. The second-order valence-electron chi connectivity index (χ2n) is 4.72. The van der Waals surface area contributed by atoms with Gasteiger partial charge in [0, 0.05) is 0 Å². The molecule has 0 bridgehead atoms. The maximum atomic E-state index is 5.20. The average Bonchev–Trinajstić information content (AvgIpc) is 2.27. The highest BCUT2D eigenvalue weighted by Gasteiger charge is 2.21. The summed E-state index contributed by atoms with van der Waals surface area (Å²) in [6.07, 6.45) is 3.60. The lowest BCUT2D eigenvalue weighted by Crippen LogP contribution is -2.43. The zero-order chi connectivity index (χ0) is 13.1. The van der Waals surface area contributed by atoms with Gasteiger partial charge in [0.15, 0.2) is 0 Å². The maximum Gasteiger partial charge on any atom is 0.229 e. The molecule has 0 aliphatic heterocycles. The van der Waals surface area contributed by atoms with Crippen molar-refractivity contribution < 1.29 is 4.74 Å². The number of anilines is 1. The van der Waals surface area contributed by atoms with Crippen molar-refractivity contribution in [3.8, 4) is 0 Å². The highest BCUT2D eigenvalue weighted by Crippen LogP contribution is 2.17. The molecule has 0 fully saturated rings. The molecule has 1 heterocycles. The largest absolute Gasteiger partial charge is 0.481 e. The van der Waals surface area contributed by atoms with Gasteiger partial charge in [-0.3, -0.25) is 0 Å². The molecule has 1 aromatic heterocycles. The van der Waals surface area contributed by atoms with Gasteiger partial charge in [0.25, 0.3) is 0 Å². The van der Waals surface area contributed by atoms with Crippen LogP contribution >= 0.6 is 12.2 Å². The second kappa shape index (κ2) is 5.55. The number of aromatic nitrogens is 2. The van der Waals surface area contributed by atoms with Crippen LogP contribution in [0.25, 0.3) is 0 Å². The molecule has 0 aliphatic rings. The van der Waals surface area contributed by atoms with Crippen molar-refractivity contribution in [3.05, 3.63) is 18.2 Å². The van der Waals surface area contributed by atoms with Crippen LogP contribution in [0.3, 0.4) is 0 Å². The minimum atomic E-state index is -1.37. The van der Waals surface area contributed by atoms with Gasteiger partial charge in [0.2, 0.25) is 10.9 Å². The molecule has 4 nitrogen and oxygen atoms in total. The zero-order valence-corrected chi connectivity index (χ0v) is 12.8. The van der Waals surface area contributed by atoms with Crippen molar-refractivity contribution in [1.29, 1.82) is 0 Å². The first kappa shape index (κ1) is 14.0. The van der Waals surface area contributed by atoms with Crippen molar-refractivity contribution in [2.24, 2.45) is 0 Å². The first-order chi connectivity index (χ1) is 7.86. The van der Waals surface area contributed by atoms with Crippen LogP contribution in [0, 0.1) is 0 Å². The zero-order valence-electron chi connectivity index (χ0n) is 11.0. The molecule has 0 unspecified atom stereocenters. The highest BCUT2D eigenvalue weighted by atomic mass is 32.1. The van der Waals surface area contributed by atoms with E-state index < -0.39 is 8.24 Å². The van der Waals surface area contributed by atoms with Crippen LogP contribution in [-0.4, -0.2) is 36.9 Å². The highest BCUT2D eigenvalue weighted by molar-refractivity contribution is 7.80. The summed E-state index contributed by atoms with van der Waals surface area (Å²) in [6.45, 7) is 9.24. The van der Waals surface area contributed by atoms with Crippen molar-refractivity contribution >= 4 is 31.2 Å². The Bertz CT molecular complexity index is 389. The van der Waals surface area contributed by atoms with E-state index in [0.717, 1.165) is 5.69 Å². The predicted molar refractivity (Wildman–Crippen MR) is 77.1 cm³/mol. The third-order valence-corrected chi connectivity index (χ3v) is 5.06. The summed E-state index contributed by atoms with van der Waals surface area (Å²) in [6, 6.07) is 0. The summed E-state index contributed by atoms with van der Waals surface area (Å²) >= 11 is 5.05. The summed E-state index contributed by atoms with van der Waals surface area (Å²) in [5, 5.41) is 0.356. The number of hydrogen-bond acceptors (Lipinski definition) is 5. The molecule has 0 atom stereocenters. The second-order valence-corrected chi connectivity index (χ2v) is 10.1. The van der Waals surface area contributed by atoms with Gasteiger partial charge >= 0.3 is 0 Å². The number of ether oxygens (including phenoxy) is 1. The molecule has 0 N–H and O–H groups in total. The molecule has 0 amide bonds. The Morgan fingerprint density at radius 3 is 2.29 bits per heavy atom. The van der Waals surface area contributed by atoms with Crippen LogP contribution in [0.2, 0.25) is 19.6 Å². The van der Waals surface area contributed by atoms with Gasteiger partial charge in [-0.1, -0.05) is 19.6 Å². The van der Waals surface area contributed by atoms with Crippen LogP contribution in [0.15, 0.2) is 12.4 Å². The fourth-order valence-electron chi connectivity index (χ4n) is 1.18. The molecule has 0 aliphatic carbocycles. The Kier molecular flexibility index (Phi) is 4.59. The lowest BCUT2D eigenvalue weighted by Gasteiger charge is -2.31. The van der Waals surface area contributed by atoms with Gasteiger partial charge in [-0.2, -0.15) is 0 Å². The van der Waals surface area contributed by atoms with Gasteiger partial charge in [-0.15, -0.1) is 0 Å². The van der Waals surface area contributed by atoms with Gasteiger partial charge in [-0.25, -0.2) is 9.97 Å². The van der Waals surface area contributed by atoms with E-state index in [-0.39, 0.29) is 0 Å². The Balaban J connectivity index is 2.85. The molecule has 0 saturated carbocycles. The summed E-state index contributed by atoms with van der Waals surface area (Å²) in [5.41, 5.74) is 1.02. The molecule has 0 spiro atoms. The van der Waals surface area contributed by atoms with E-state index in [1.165, 1.54) is 0 Å². The maximum absolute atomic E-state index is 5.20. The number of thiocarbonyl (C=S) groups is 1. The van der Waals surface area contributed by atoms with Crippen molar-refractivity contribution in [3.63, 3.8) is 0 Å².